The lowest BCUT2D eigenvalue weighted by atomic mass is 9.87. The number of imide groups is 1. The third kappa shape index (κ3) is 18.6. The number of ether oxygens (including phenoxy) is 3. The van der Waals surface area contributed by atoms with E-state index in [1.807, 2.05) is 60.8 Å². The van der Waals surface area contributed by atoms with Crippen LogP contribution in [0.3, 0.4) is 0 Å². The monoisotopic (exact) mass is 1440 g/mol. The summed E-state index contributed by atoms with van der Waals surface area (Å²) < 4.78 is 20.9. The molecule has 11 rings (SSSR count). The van der Waals surface area contributed by atoms with E-state index in [9.17, 15) is 47.9 Å². The molecule has 10 amide bonds. The third-order valence-electron chi connectivity index (χ3n) is 19.4. The fourth-order valence-electron chi connectivity index (χ4n) is 13.5. The highest BCUT2D eigenvalue weighted by Gasteiger charge is 2.45. The van der Waals surface area contributed by atoms with Gasteiger partial charge in [-0.3, -0.25) is 48.1 Å². The largest absolute Gasteiger partial charge is 0.495 e. The number of aryl methyl sites for hydroxylation is 1. The molecule has 1 aliphatic carbocycles. The molecule has 0 spiro atoms. The van der Waals surface area contributed by atoms with Crippen LogP contribution in [0.4, 0.5) is 16.4 Å². The van der Waals surface area contributed by atoms with E-state index in [2.05, 4.69) is 70.8 Å². The number of aromatic amines is 1. The number of pyridine rings is 1. The van der Waals surface area contributed by atoms with Crippen molar-refractivity contribution in [1.29, 1.82) is 0 Å². The number of nitrogens with one attached hydrogen (secondary N) is 8. The lowest BCUT2D eigenvalue weighted by Gasteiger charge is -2.45. The number of methoxy groups -OCH3 is 1. The number of piperidine rings is 2. The summed E-state index contributed by atoms with van der Waals surface area (Å²) >= 11 is 0. The summed E-state index contributed by atoms with van der Waals surface area (Å²) in [4.78, 5) is 150. The maximum absolute atomic E-state index is 14.1. The maximum Gasteiger partial charge on any atom is 0.332 e. The fraction of sp³-hybridized carbons (Fsp3) is 0.413. The second-order valence-electron chi connectivity index (χ2n) is 26.9. The van der Waals surface area contributed by atoms with E-state index >= 15 is 0 Å². The minimum atomic E-state index is -1.37. The van der Waals surface area contributed by atoms with Gasteiger partial charge in [0, 0.05) is 105 Å². The van der Waals surface area contributed by atoms with Gasteiger partial charge >= 0.3 is 6.03 Å². The van der Waals surface area contributed by atoms with Crippen LogP contribution in [-0.2, 0) is 66.9 Å². The number of hydrogen-bond acceptors (Lipinski definition) is 19. The van der Waals surface area contributed by atoms with Crippen LogP contribution in [0, 0.1) is 11.8 Å². The van der Waals surface area contributed by atoms with Crippen molar-refractivity contribution in [2.24, 2.45) is 18.5 Å². The first-order valence-corrected chi connectivity index (χ1v) is 35.1. The normalized spacial score (nSPS) is 16.6. The average Bonchev–Trinajstić information content (AvgIpc) is 1.59. The number of carbonyl (C=O) groups is 9. The molecule has 3 saturated heterocycles. The third-order valence-corrected chi connectivity index (χ3v) is 19.4. The topological polar surface area (TPSA) is 394 Å². The predicted octanol–water partition coefficient (Wildman–Crippen LogP) is 1.99. The van der Waals surface area contributed by atoms with Crippen LogP contribution in [0.25, 0.3) is 32.9 Å². The van der Waals surface area contributed by atoms with Gasteiger partial charge in [-0.1, -0.05) is 78.6 Å². The van der Waals surface area contributed by atoms with Crippen LogP contribution in [0.5, 0.6) is 5.75 Å². The maximum atomic E-state index is 14.1. The minimum Gasteiger partial charge on any atom is -0.495 e. The Morgan fingerprint density at radius 3 is 2.21 bits per heavy atom. The zero-order valence-corrected chi connectivity index (χ0v) is 59.2. The summed E-state index contributed by atoms with van der Waals surface area (Å²) in [7, 11) is 3.19. The molecule has 552 valence electrons. The summed E-state index contributed by atoms with van der Waals surface area (Å²) in [5.41, 5.74) is 14.8. The Morgan fingerprint density at radius 2 is 1.50 bits per heavy atom. The Bertz CT molecular complexity index is 4490. The second-order valence-corrected chi connectivity index (χ2v) is 26.9. The van der Waals surface area contributed by atoms with Crippen LogP contribution < -0.4 is 68.8 Å². The predicted molar refractivity (Wildman–Crippen MR) is 390 cm³/mol. The first kappa shape index (κ1) is 75.1. The van der Waals surface area contributed by atoms with Crippen molar-refractivity contribution < 1.29 is 57.4 Å². The summed E-state index contributed by atoms with van der Waals surface area (Å²) in [6.45, 7) is 4.76. The van der Waals surface area contributed by atoms with Gasteiger partial charge < -0.3 is 82.2 Å². The van der Waals surface area contributed by atoms with Crippen molar-refractivity contribution in [2.75, 3.05) is 95.8 Å². The summed E-state index contributed by atoms with van der Waals surface area (Å²) in [6.07, 6.45) is 8.10. The molecule has 1 saturated carbocycles. The van der Waals surface area contributed by atoms with E-state index in [4.69, 9.17) is 35.6 Å². The molecule has 3 atom stereocenters. The van der Waals surface area contributed by atoms with E-state index in [0.717, 1.165) is 84.2 Å². The first-order chi connectivity index (χ1) is 50.6. The number of nitrogens with two attached hydrogens (primary N) is 2. The quantitative estimate of drug-likeness (QED) is 0.0175. The Balaban J connectivity index is 0.725. The van der Waals surface area contributed by atoms with Gasteiger partial charge in [0.15, 0.2) is 5.60 Å². The number of anilines is 2. The Morgan fingerprint density at radius 1 is 0.781 bits per heavy atom. The summed E-state index contributed by atoms with van der Waals surface area (Å²) in [5, 5.41) is 20.3. The van der Waals surface area contributed by atoms with Gasteiger partial charge in [0.05, 0.1) is 69.3 Å². The highest BCUT2D eigenvalue weighted by molar-refractivity contribution is 6.07. The number of urea groups is 1. The molecule has 105 heavy (non-hydrogen) atoms. The first-order valence-electron chi connectivity index (χ1n) is 35.1. The molecule has 4 aliphatic rings. The molecule has 6 heterocycles. The Labute approximate surface area is 606 Å². The highest BCUT2D eigenvalue weighted by atomic mass is 16.6. The van der Waals surface area contributed by atoms with Gasteiger partial charge in [0.2, 0.25) is 53.2 Å². The average molecular weight is 1440 g/mol. The summed E-state index contributed by atoms with van der Waals surface area (Å²) in [5.74, 6) is 2.35. The second kappa shape index (κ2) is 34.0. The number of H-pyrrole nitrogens is 1. The van der Waals surface area contributed by atoms with E-state index < -0.39 is 97.2 Å². The van der Waals surface area contributed by atoms with Gasteiger partial charge in [0.1, 0.15) is 36.7 Å². The number of benzene rings is 4. The minimum absolute atomic E-state index is 0.0382. The molecule has 0 radical (unpaired) electrons. The van der Waals surface area contributed by atoms with Crippen molar-refractivity contribution in [3.63, 3.8) is 0 Å². The molecule has 3 aromatic heterocycles. The van der Waals surface area contributed by atoms with Crippen LogP contribution in [0.2, 0.25) is 0 Å². The number of carbonyl (C=O) groups excluding carboxylic acids is 9. The molecular formula is C75H89N17O13. The molecule has 30 heteroatoms. The Hall–Kier alpha value is -11.1. The number of aromatic nitrogens is 4. The van der Waals surface area contributed by atoms with E-state index in [1.165, 1.54) is 18.9 Å². The molecule has 7 aromatic rings. The van der Waals surface area contributed by atoms with E-state index in [-0.39, 0.29) is 56.5 Å². The van der Waals surface area contributed by atoms with Crippen LogP contribution >= 0.6 is 0 Å². The van der Waals surface area contributed by atoms with Crippen LogP contribution in [0.15, 0.2) is 120 Å². The lowest BCUT2D eigenvalue weighted by Crippen LogP contribution is -2.56. The van der Waals surface area contributed by atoms with Crippen molar-refractivity contribution in [3.8, 4) is 28.7 Å². The molecular weight excluding hydrogens is 1350 g/mol. The standard InChI is InChI=1S/C75H89N17O13/c1-47(93)84-59(39-62(77)94)70(100)82-46-104-44-75(105-53-19-20-53,51-15-9-6-10-16-51)68-55-38-50(56-43-88(3)71(101)67-54(56)23-30-78-67)18-21-57(55)86-72(87-68)90-31-24-52(25-32-90)89-34-27-74(2,28-35-89)83-29-11-14-49-17-22-61(103-4)60(37-49)91-33-26-66(98)92(73(91)102)45-81-64(96)41-80-69(99)58(36-48-12-7-5-8-13-48)85-65(97)42-79-63(95)40-76/h5-10,12-13,15-18,21-23,30,37-38,43,52-53,58-59,78,83H,19-20,24-29,31-36,39-42,44-46,76H2,1-4H3,(H2,77,94)(H,79,95)(H,80,99)(H,81,96)(H,82,100)(H,84,93)(H,85,97)/t58-,59-,75-/m0/s1. The lowest BCUT2D eigenvalue weighted by molar-refractivity contribution is -0.133. The molecule has 3 aliphatic heterocycles. The van der Waals surface area contributed by atoms with Crippen LogP contribution in [0.1, 0.15) is 87.6 Å². The number of rotatable bonds is 30. The van der Waals surface area contributed by atoms with Crippen molar-refractivity contribution in [3.05, 3.63) is 148 Å². The zero-order valence-electron chi connectivity index (χ0n) is 59.2. The Kier molecular flexibility index (Phi) is 24.3. The number of fused-ring (bicyclic) bond motifs is 2. The van der Waals surface area contributed by atoms with Gasteiger partial charge in [-0.05, 0) is 98.5 Å². The fourth-order valence-corrected chi connectivity index (χ4v) is 13.5. The molecule has 30 nitrogen and oxygen atoms in total. The number of nitrogens with zero attached hydrogens (tertiary/aromatic N) is 7. The SMILES string of the molecule is COc1ccc(C#CCNC2(C)CCN(C3CCN(c4nc([C@@](COCNC(=O)[C@H](CC(N)=O)NC(C)=O)(OC5CC5)c5ccccc5)c5cc(-c6cn(C)c(=O)c7[nH]ccc67)ccc5n4)CC3)CC2)cc1N1CCC(=O)N(CNC(=O)CNC(=O)[C@H](Cc2ccccc2)NC(=O)CNC(=O)CN)C1=O. The van der Waals surface area contributed by atoms with Crippen molar-refractivity contribution >= 4 is 86.7 Å². The molecule has 4 aromatic carbocycles. The molecule has 0 unspecified atom stereocenters. The highest BCUT2D eigenvalue weighted by Crippen LogP contribution is 2.44. The van der Waals surface area contributed by atoms with Gasteiger partial charge in [-0.25, -0.2) is 19.7 Å². The van der Waals surface area contributed by atoms with Crippen LogP contribution in [-0.4, -0.2) is 198 Å². The number of amides is 10. The van der Waals surface area contributed by atoms with Gasteiger partial charge in [-0.15, -0.1) is 0 Å². The number of primary amides is 1. The molecule has 4 fully saturated rings. The summed E-state index contributed by atoms with van der Waals surface area (Å²) in [6, 6.07) is 29.0. The smallest absolute Gasteiger partial charge is 0.332 e. The zero-order chi connectivity index (χ0) is 74.4. The molecule has 12 N–H and O–H groups in total. The number of likely N-dealkylation sites (tertiary alicyclic amines) is 1. The number of hydrogen-bond donors (Lipinski definition) is 10. The van der Waals surface area contributed by atoms with Crippen molar-refractivity contribution in [1.82, 2.24) is 66.5 Å². The van der Waals surface area contributed by atoms with E-state index in [0.29, 0.717) is 70.7 Å². The molecule has 0 bridgehead atoms. The van der Waals surface area contributed by atoms with Gasteiger partial charge in [-0.2, -0.15) is 0 Å². The van der Waals surface area contributed by atoms with Crippen molar-refractivity contribution in [2.45, 2.75) is 107 Å². The van der Waals surface area contributed by atoms with Gasteiger partial charge in [0.25, 0.3) is 5.56 Å². The van der Waals surface area contributed by atoms with E-state index in [1.54, 1.807) is 66.3 Å².